The lowest BCUT2D eigenvalue weighted by molar-refractivity contribution is -0.131. The zero-order chi connectivity index (χ0) is 13.3. The number of aryl methyl sites for hydroxylation is 1. The van der Waals surface area contributed by atoms with Gasteiger partial charge < -0.3 is 15.4 Å². The molecule has 0 radical (unpaired) electrons. The van der Waals surface area contributed by atoms with E-state index in [-0.39, 0.29) is 5.84 Å². The van der Waals surface area contributed by atoms with Crippen molar-refractivity contribution in [2.75, 3.05) is 0 Å². The van der Waals surface area contributed by atoms with Gasteiger partial charge in [-0.2, -0.15) is 0 Å². The average Bonchev–Trinajstić information content (AvgIpc) is 2.63. The van der Waals surface area contributed by atoms with Gasteiger partial charge in [0.2, 0.25) is 0 Å². The fraction of sp³-hybridized carbons (Fsp3) is 0.0769. The highest BCUT2D eigenvalue weighted by atomic mass is 16.4. The smallest absolute Gasteiger partial charge is 0.328 e. The molecule has 0 amide bonds. The number of hydrogen-bond donors (Lipinski definition) is 3. The molecule has 0 spiro atoms. The number of nitrogens with zero attached hydrogens (tertiary/aromatic N) is 1. The molecule has 2 aromatic rings. The van der Waals surface area contributed by atoms with Crippen molar-refractivity contribution >= 4 is 28.8 Å². The minimum Gasteiger partial charge on any atom is -0.478 e. The number of carboxylic acid groups (broad SMARTS) is 1. The third-order valence-corrected chi connectivity index (χ3v) is 2.74. The third-order valence-electron chi connectivity index (χ3n) is 2.74. The van der Waals surface area contributed by atoms with Crippen LogP contribution in [0.4, 0.5) is 0 Å². The summed E-state index contributed by atoms with van der Waals surface area (Å²) >= 11 is 0. The lowest BCUT2D eigenvalue weighted by atomic mass is 10.1. The fourth-order valence-corrected chi connectivity index (χ4v) is 1.88. The van der Waals surface area contributed by atoms with Crippen LogP contribution in [-0.2, 0) is 11.8 Å². The number of rotatable bonds is 3. The normalized spacial score (nSPS) is 11.2. The van der Waals surface area contributed by atoms with Crippen LogP contribution in [0.5, 0.6) is 0 Å². The second kappa shape index (κ2) is 4.37. The first-order valence-corrected chi connectivity index (χ1v) is 5.33. The van der Waals surface area contributed by atoms with Crippen LogP contribution >= 0.6 is 0 Å². The highest BCUT2D eigenvalue weighted by Gasteiger charge is 2.06. The number of nitrogen functional groups attached to an aromatic ring is 1. The van der Waals surface area contributed by atoms with Gasteiger partial charge in [-0.05, 0) is 24.3 Å². The van der Waals surface area contributed by atoms with E-state index in [1.807, 2.05) is 23.9 Å². The predicted octanol–water partition coefficient (Wildman–Crippen LogP) is 1.56. The van der Waals surface area contributed by atoms with Gasteiger partial charge in [-0.1, -0.05) is 0 Å². The summed E-state index contributed by atoms with van der Waals surface area (Å²) in [7, 11) is 1.88. The molecule has 0 aliphatic carbocycles. The van der Waals surface area contributed by atoms with Crippen LogP contribution in [0.25, 0.3) is 17.0 Å². The lowest BCUT2D eigenvalue weighted by Gasteiger charge is -2.00. The van der Waals surface area contributed by atoms with Crippen LogP contribution in [-0.4, -0.2) is 21.5 Å². The maximum absolute atomic E-state index is 10.5. The van der Waals surface area contributed by atoms with Crippen LogP contribution in [0, 0.1) is 5.41 Å². The topological polar surface area (TPSA) is 92.1 Å². The Morgan fingerprint density at radius 1 is 1.50 bits per heavy atom. The summed E-state index contributed by atoms with van der Waals surface area (Å²) in [5.41, 5.74) is 7.82. The Balaban J connectivity index is 2.63. The van der Waals surface area contributed by atoms with Crippen LogP contribution < -0.4 is 5.73 Å². The molecule has 18 heavy (non-hydrogen) atoms. The van der Waals surface area contributed by atoms with Crippen molar-refractivity contribution in [3.63, 3.8) is 0 Å². The molecule has 0 saturated heterocycles. The van der Waals surface area contributed by atoms with E-state index in [1.54, 1.807) is 12.1 Å². The van der Waals surface area contributed by atoms with Gasteiger partial charge >= 0.3 is 5.97 Å². The second-order valence-electron chi connectivity index (χ2n) is 4.01. The fourth-order valence-electron chi connectivity index (χ4n) is 1.88. The lowest BCUT2D eigenvalue weighted by Crippen LogP contribution is -2.10. The standard InChI is InChI=1S/C13H13N3O2/c1-16-7-9(3-5-12(17)18)10-6-8(13(14)15)2-4-11(10)16/h2-7H,1H3,(H3,14,15)(H,17,18)/b5-3+. The summed E-state index contributed by atoms with van der Waals surface area (Å²) < 4.78 is 1.90. The Hall–Kier alpha value is -2.56. The molecule has 0 saturated carbocycles. The van der Waals surface area contributed by atoms with Crippen molar-refractivity contribution in [1.82, 2.24) is 4.57 Å². The van der Waals surface area contributed by atoms with Gasteiger partial charge in [0.05, 0.1) is 0 Å². The summed E-state index contributed by atoms with van der Waals surface area (Å²) in [6, 6.07) is 5.43. The number of aliphatic carboxylic acids is 1. The number of carbonyl (C=O) groups is 1. The Morgan fingerprint density at radius 3 is 2.83 bits per heavy atom. The van der Waals surface area contributed by atoms with Gasteiger partial charge in [-0.25, -0.2) is 4.79 Å². The number of benzene rings is 1. The largest absolute Gasteiger partial charge is 0.478 e. The molecule has 2 rings (SSSR count). The van der Waals surface area contributed by atoms with Crippen molar-refractivity contribution in [3.05, 3.63) is 41.6 Å². The second-order valence-corrected chi connectivity index (χ2v) is 4.01. The Bertz CT molecular complexity index is 668. The zero-order valence-electron chi connectivity index (χ0n) is 9.84. The molecule has 1 heterocycles. The van der Waals surface area contributed by atoms with E-state index in [4.69, 9.17) is 16.2 Å². The average molecular weight is 243 g/mol. The SMILES string of the molecule is Cn1cc(/C=C/C(=O)O)c2cc(C(=N)N)ccc21. The van der Waals surface area contributed by atoms with Gasteiger partial charge in [0.15, 0.2) is 0 Å². The summed E-state index contributed by atoms with van der Waals surface area (Å²) in [6.07, 6.45) is 4.47. The minimum absolute atomic E-state index is 0.00563. The molecular formula is C13H13N3O2. The molecule has 0 aliphatic heterocycles. The molecule has 0 bridgehead atoms. The number of nitrogens with one attached hydrogen (secondary N) is 1. The Kier molecular flexibility index (Phi) is 2.89. The number of carboxylic acids is 1. The summed E-state index contributed by atoms with van der Waals surface area (Å²) in [4.78, 5) is 10.5. The van der Waals surface area contributed by atoms with Crippen molar-refractivity contribution in [2.45, 2.75) is 0 Å². The van der Waals surface area contributed by atoms with E-state index in [9.17, 15) is 4.79 Å². The highest BCUT2D eigenvalue weighted by molar-refractivity contribution is 6.01. The summed E-state index contributed by atoms with van der Waals surface area (Å²) in [5.74, 6) is -0.997. The van der Waals surface area contributed by atoms with Gasteiger partial charge in [-0.15, -0.1) is 0 Å². The monoisotopic (exact) mass is 243 g/mol. The predicted molar refractivity (Wildman–Crippen MR) is 70.6 cm³/mol. The first kappa shape index (κ1) is 11.9. The maximum atomic E-state index is 10.5. The van der Waals surface area contributed by atoms with E-state index < -0.39 is 5.97 Å². The van der Waals surface area contributed by atoms with E-state index >= 15 is 0 Å². The van der Waals surface area contributed by atoms with E-state index in [1.165, 1.54) is 6.08 Å². The van der Waals surface area contributed by atoms with Crippen LogP contribution in [0.2, 0.25) is 0 Å². The van der Waals surface area contributed by atoms with Crippen molar-refractivity contribution in [2.24, 2.45) is 12.8 Å². The van der Waals surface area contributed by atoms with Crippen molar-refractivity contribution < 1.29 is 9.90 Å². The van der Waals surface area contributed by atoms with Crippen LogP contribution in [0.1, 0.15) is 11.1 Å². The molecular weight excluding hydrogens is 230 g/mol. The van der Waals surface area contributed by atoms with Gasteiger partial charge in [-0.3, -0.25) is 5.41 Å². The number of fused-ring (bicyclic) bond motifs is 1. The number of hydrogen-bond acceptors (Lipinski definition) is 2. The molecule has 4 N–H and O–H groups in total. The molecule has 0 aliphatic rings. The molecule has 0 unspecified atom stereocenters. The minimum atomic E-state index is -0.991. The van der Waals surface area contributed by atoms with Gasteiger partial charge in [0.25, 0.3) is 0 Å². The van der Waals surface area contributed by atoms with Crippen molar-refractivity contribution in [3.8, 4) is 0 Å². The first-order valence-electron chi connectivity index (χ1n) is 5.33. The molecule has 92 valence electrons. The van der Waals surface area contributed by atoms with E-state index in [0.29, 0.717) is 5.56 Å². The molecule has 0 fully saturated rings. The van der Waals surface area contributed by atoms with Gasteiger partial charge in [0.1, 0.15) is 5.84 Å². The number of nitrogens with two attached hydrogens (primary N) is 1. The van der Waals surface area contributed by atoms with E-state index in [2.05, 4.69) is 0 Å². The number of amidine groups is 1. The zero-order valence-corrected chi connectivity index (χ0v) is 9.84. The molecule has 1 aromatic heterocycles. The summed E-state index contributed by atoms with van der Waals surface area (Å²) in [6.45, 7) is 0. The molecule has 5 heteroatoms. The highest BCUT2D eigenvalue weighted by Crippen LogP contribution is 2.23. The first-order chi connectivity index (χ1) is 8.49. The van der Waals surface area contributed by atoms with Crippen LogP contribution in [0.3, 0.4) is 0 Å². The van der Waals surface area contributed by atoms with E-state index in [0.717, 1.165) is 22.5 Å². The summed E-state index contributed by atoms with van der Waals surface area (Å²) in [5, 5.41) is 16.9. The molecule has 1 aromatic carbocycles. The quantitative estimate of drug-likeness (QED) is 0.434. The Morgan fingerprint density at radius 2 is 2.22 bits per heavy atom. The maximum Gasteiger partial charge on any atom is 0.328 e. The molecule has 0 atom stereocenters. The third kappa shape index (κ3) is 2.10. The van der Waals surface area contributed by atoms with Crippen molar-refractivity contribution in [1.29, 1.82) is 5.41 Å². The van der Waals surface area contributed by atoms with Crippen LogP contribution in [0.15, 0.2) is 30.5 Å². The number of aromatic nitrogens is 1. The van der Waals surface area contributed by atoms with Gasteiger partial charge in [0, 0.05) is 41.4 Å². The Labute approximate surface area is 104 Å². The molecule has 5 nitrogen and oxygen atoms in total.